The third-order valence-corrected chi connectivity index (χ3v) is 2.81. The number of aliphatic carboxylic acids is 1. The van der Waals surface area contributed by atoms with Crippen molar-refractivity contribution in [1.29, 1.82) is 0 Å². The largest absolute Gasteiger partial charge is 0.479 e. The zero-order valence-corrected chi connectivity index (χ0v) is 8.78. The van der Waals surface area contributed by atoms with Crippen LogP contribution in [0, 0.1) is 5.92 Å². The molecule has 0 amide bonds. The number of hydrogen-bond donors (Lipinski definition) is 1. The molecule has 1 aliphatic rings. The highest BCUT2D eigenvalue weighted by atomic mass is 16.5. The SMILES string of the molecule is CCOC(C)(C(=O)O)C1CCCOC1. The molecule has 82 valence electrons. The zero-order chi connectivity index (χ0) is 10.6. The lowest BCUT2D eigenvalue weighted by molar-refractivity contribution is -0.177. The average molecular weight is 202 g/mol. The number of ether oxygens (including phenoxy) is 2. The Labute approximate surface area is 84.2 Å². The highest BCUT2D eigenvalue weighted by molar-refractivity contribution is 5.77. The van der Waals surface area contributed by atoms with Crippen molar-refractivity contribution in [3.8, 4) is 0 Å². The van der Waals surface area contributed by atoms with Gasteiger partial charge in [-0.1, -0.05) is 0 Å². The van der Waals surface area contributed by atoms with Crippen LogP contribution in [0.25, 0.3) is 0 Å². The standard InChI is InChI=1S/C10H18O4/c1-3-14-10(2,9(11)12)8-5-4-6-13-7-8/h8H,3-7H2,1-2H3,(H,11,12). The molecule has 0 aromatic carbocycles. The lowest BCUT2D eigenvalue weighted by Crippen LogP contribution is -2.48. The van der Waals surface area contributed by atoms with Gasteiger partial charge in [0, 0.05) is 19.1 Å². The molecule has 4 nitrogen and oxygen atoms in total. The first-order valence-electron chi connectivity index (χ1n) is 5.06. The van der Waals surface area contributed by atoms with Crippen LogP contribution in [0.5, 0.6) is 0 Å². The molecule has 14 heavy (non-hydrogen) atoms. The molecule has 1 fully saturated rings. The molecule has 0 radical (unpaired) electrons. The Morgan fingerprint density at radius 1 is 1.71 bits per heavy atom. The monoisotopic (exact) mass is 202 g/mol. The predicted octanol–water partition coefficient (Wildman–Crippen LogP) is 1.29. The zero-order valence-electron chi connectivity index (χ0n) is 8.78. The van der Waals surface area contributed by atoms with Gasteiger partial charge in [0.25, 0.3) is 0 Å². The van der Waals surface area contributed by atoms with Gasteiger partial charge in [-0.3, -0.25) is 0 Å². The summed E-state index contributed by atoms with van der Waals surface area (Å²) in [5.41, 5.74) is -1.09. The van der Waals surface area contributed by atoms with Gasteiger partial charge in [0.05, 0.1) is 6.61 Å². The fraction of sp³-hybridized carbons (Fsp3) is 0.900. The number of carboxylic acid groups (broad SMARTS) is 1. The minimum atomic E-state index is -1.09. The minimum absolute atomic E-state index is 0.0336. The highest BCUT2D eigenvalue weighted by Crippen LogP contribution is 2.29. The van der Waals surface area contributed by atoms with E-state index in [4.69, 9.17) is 14.6 Å². The molecular weight excluding hydrogens is 184 g/mol. The molecule has 1 aliphatic heterocycles. The van der Waals surface area contributed by atoms with Gasteiger partial charge in [-0.25, -0.2) is 4.79 Å². The van der Waals surface area contributed by atoms with Crippen molar-refractivity contribution < 1.29 is 19.4 Å². The lowest BCUT2D eigenvalue weighted by Gasteiger charge is -2.35. The first kappa shape index (κ1) is 11.5. The van der Waals surface area contributed by atoms with Gasteiger partial charge >= 0.3 is 5.97 Å². The van der Waals surface area contributed by atoms with Gasteiger partial charge in [0.2, 0.25) is 0 Å². The topological polar surface area (TPSA) is 55.8 Å². The third kappa shape index (κ3) is 2.25. The van der Waals surface area contributed by atoms with Crippen LogP contribution < -0.4 is 0 Å². The maximum Gasteiger partial charge on any atom is 0.336 e. The van der Waals surface area contributed by atoms with Gasteiger partial charge in [0.15, 0.2) is 5.60 Å². The molecule has 4 heteroatoms. The van der Waals surface area contributed by atoms with Crippen molar-refractivity contribution in [3.63, 3.8) is 0 Å². The van der Waals surface area contributed by atoms with Gasteiger partial charge < -0.3 is 14.6 Å². The normalized spacial score (nSPS) is 26.9. The van der Waals surface area contributed by atoms with Gasteiger partial charge in [0.1, 0.15) is 0 Å². The Kier molecular flexibility index (Phi) is 3.89. The first-order valence-corrected chi connectivity index (χ1v) is 5.06. The van der Waals surface area contributed by atoms with E-state index in [9.17, 15) is 4.79 Å². The van der Waals surface area contributed by atoms with E-state index < -0.39 is 11.6 Å². The Hall–Kier alpha value is -0.610. The smallest absolute Gasteiger partial charge is 0.336 e. The first-order chi connectivity index (χ1) is 6.61. The summed E-state index contributed by atoms with van der Waals surface area (Å²) in [6, 6.07) is 0. The number of carbonyl (C=O) groups is 1. The number of hydrogen-bond acceptors (Lipinski definition) is 3. The van der Waals surface area contributed by atoms with E-state index in [1.54, 1.807) is 6.92 Å². The molecule has 2 atom stereocenters. The van der Waals surface area contributed by atoms with Crippen molar-refractivity contribution in [3.05, 3.63) is 0 Å². The molecule has 0 bridgehead atoms. The van der Waals surface area contributed by atoms with E-state index in [-0.39, 0.29) is 5.92 Å². The summed E-state index contributed by atoms with van der Waals surface area (Å²) in [7, 11) is 0. The molecular formula is C10H18O4. The second-order valence-corrected chi connectivity index (χ2v) is 3.76. The van der Waals surface area contributed by atoms with Crippen LogP contribution in [-0.4, -0.2) is 36.5 Å². The van der Waals surface area contributed by atoms with Crippen molar-refractivity contribution in [2.24, 2.45) is 5.92 Å². The molecule has 0 aromatic rings. The van der Waals surface area contributed by atoms with Crippen LogP contribution in [0.15, 0.2) is 0 Å². The summed E-state index contributed by atoms with van der Waals surface area (Å²) in [5.74, 6) is -0.927. The Balaban J connectivity index is 2.69. The Morgan fingerprint density at radius 3 is 2.86 bits per heavy atom. The second kappa shape index (κ2) is 4.75. The quantitative estimate of drug-likeness (QED) is 0.746. The third-order valence-electron chi connectivity index (χ3n) is 2.81. The van der Waals surface area contributed by atoms with E-state index in [1.807, 2.05) is 6.92 Å². The molecule has 1 heterocycles. The molecule has 0 spiro atoms. The second-order valence-electron chi connectivity index (χ2n) is 3.76. The van der Waals surface area contributed by atoms with Crippen LogP contribution in [-0.2, 0) is 14.3 Å². The van der Waals surface area contributed by atoms with Crippen molar-refractivity contribution >= 4 is 5.97 Å². The number of carboxylic acids is 1. The molecule has 0 aliphatic carbocycles. The van der Waals surface area contributed by atoms with Gasteiger partial charge in [-0.2, -0.15) is 0 Å². The summed E-state index contributed by atoms with van der Waals surface area (Å²) in [6.45, 7) is 5.09. The van der Waals surface area contributed by atoms with Crippen LogP contribution >= 0.6 is 0 Å². The van der Waals surface area contributed by atoms with E-state index >= 15 is 0 Å². The fourth-order valence-corrected chi connectivity index (χ4v) is 1.83. The highest BCUT2D eigenvalue weighted by Gasteiger charge is 2.43. The lowest BCUT2D eigenvalue weighted by atomic mass is 9.85. The van der Waals surface area contributed by atoms with E-state index in [2.05, 4.69) is 0 Å². The van der Waals surface area contributed by atoms with E-state index in [0.717, 1.165) is 19.4 Å². The molecule has 1 saturated heterocycles. The maximum atomic E-state index is 11.1. The molecule has 1 rings (SSSR count). The van der Waals surface area contributed by atoms with Crippen LogP contribution in [0.1, 0.15) is 26.7 Å². The summed E-state index contributed by atoms with van der Waals surface area (Å²) in [4.78, 5) is 11.1. The molecule has 0 saturated carbocycles. The summed E-state index contributed by atoms with van der Waals surface area (Å²) in [6.07, 6.45) is 1.78. The van der Waals surface area contributed by atoms with Crippen LogP contribution in [0.2, 0.25) is 0 Å². The van der Waals surface area contributed by atoms with Crippen LogP contribution in [0.3, 0.4) is 0 Å². The Morgan fingerprint density at radius 2 is 2.43 bits per heavy atom. The minimum Gasteiger partial charge on any atom is -0.479 e. The van der Waals surface area contributed by atoms with E-state index in [0.29, 0.717) is 13.2 Å². The van der Waals surface area contributed by atoms with E-state index in [1.165, 1.54) is 0 Å². The van der Waals surface area contributed by atoms with Crippen molar-refractivity contribution in [1.82, 2.24) is 0 Å². The fourth-order valence-electron chi connectivity index (χ4n) is 1.83. The van der Waals surface area contributed by atoms with Crippen molar-refractivity contribution in [2.75, 3.05) is 19.8 Å². The Bertz CT molecular complexity index is 198. The van der Waals surface area contributed by atoms with Gasteiger partial charge in [-0.15, -0.1) is 0 Å². The number of rotatable bonds is 4. The summed E-state index contributed by atoms with van der Waals surface area (Å²) >= 11 is 0. The van der Waals surface area contributed by atoms with Gasteiger partial charge in [-0.05, 0) is 26.7 Å². The summed E-state index contributed by atoms with van der Waals surface area (Å²) < 4.78 is 10.6. The predicted molar refractivity (Wildman–Crippen MR) is 51.2 cm³/mol. The molecule has 2 unspecified atom stereocenters. The maximum absolute atomic E-state index is 11.1. The molecule has 1 N–H and O–H groups in total. The van der Waals surface area contributed by atoms with Crippen LogP contribution in [0.4, 0.5) is 0 Å². The van der Waals surface area contributed by atoms with Crippen molar-refractivity contribution in [2.45, 2.75) is 32.3 Å². The average Bonchev–Trinajstić information content (AvgIpc) is 2.19. The summed E-state index contributed by atoms with van der Waals surface area (Å²) in [5, 5.41) is 9.14. The molecule has 0 aromatic heterocycles.